The first-order valence-corrected chi connectivity index (χ1v) is 4.35. The molecule has 0 saturated carbocycles. The average molecular weight is 208 g/mol. The normalized spacial score (nSPS) is 10.1. The number of rotatable bonds is 2. The first-order chi connectivity index (χ1) is 6.79. The summed E-state index contributed by atoms with van der Waals surface area (Å²) < 4.78 is 5.18. The molecule has 0 spiro atoms. The van der Waals surface area contributed by atoms with E-state index >= 15 is 0 Å². The molecule has 2 aromatic rings. The molecule has 14 heavy (non-hydrogen) atoms. The molecule has 2 aromatic heterocycles. The topological polar surface area (TPSA) is 43.1 Å². The van der Waals surface area contributed by atoms with Crippen LogP contribution in [-0.4, -0.2) is 11.3 Å². The molecule has 0 aromatic carbocycles. The molecule has 0 N–H and O–H groups in total. The van der Waals surface area contributed by atoms with Crippen molar-refractivity contribution in [2.45, 2.75) is 0 Å². The highest BCUT2D eigenvalue weighted by Gasteiger charge is 2.05. The van der Waals surface area contributed by atoms with Crippen LogP contribution in [0.25, 0.3) is 11.5 Å². The van der Waals surface area contributed by atoms with Gasteiger partial charge in [0.25, 0.3) is 0 Å². The van der Waals surface area contributed by atoms with Crippen molar-refractivity contribution in [3.63, 3.8) is 0 Å². The third-order valence-electron chi connectivity index (χ3n) is 1.71. The molecule has 2 heterocycles. The summed E-state index contributed by atoms with van der Waals surface area (Å²) in [5.41, 5.74) is 0.616. The van der Waals surface area contributed by atoms with E-state index in [9.17, 15) is 4.79 Å². The predicted octanol–water partition coefficient (Wildman–Crippen LogP) is 2.81. The number of hydrogen-bond donors (Lipinski definition) is 0. The summed E-state index contributed by atoms with van der Waals surface area (Å²) in [6.45, 7) is 0. The third-order valence-corrected chi connectivity index (χ3v) is 1.92. The van der Waals surface area contributed by atoms with Gasteiger partial charge in [-0.1, -0.05) is 17.7 Å². The Morgan fingerprint density at radius 1 is 1.29 bits per heavy atom. The van der Waals surface area contributed by atoms with Crippen LogP contribution in [0.3, 0.4) is 0 Å². The Kier molecular flexibility index (Phi) is 2.33. The fraction of sp³-hybridized carbons (Fsp3) is 0. The van der Waals surface area contributed by atoms with Crippen LogP contribution < -0.4 is 0 Å². The molecule has 0 amide bonds. The second-order valence-corrected chi connectivity index (χ2v) is 3.05. The summed E-state index contributed by atoms with van der Waals surface area (Å²) in [7, 11) is 0. The van der Waals surface area contributed by atoms with Crippen LogP contribution in [0.15, 0.2) is 34.7 Å². The minimum atomic E-state index is 0.279. The molecular formula is C10H6ClNO2. The van der Waals surface area contributed by atoms with Gasteiger partial charge in [0.15, 0.2) is 17.8 Å². The van der Waals surface area contributed by atoms with Crippen molar-refractivity contribution in [1.82, 2.24) is 4.98 Å². The Morgan fingerprint density at radius 3 is 2.79 bits per heavy atom. The van der Waals surface area contributed by atoms with E-state index in [1.807, 2.05) is 0 Å². The van der Waals surface area contributed by atoms with Gasteiger partial charge in [-0.2, -0.15) is 0 Å². The van der Waals surface area contributed by atoms with Gasteiger partial charge < -0.3 is 4.42 Å². The number of aromatic nitrogens is 1. The Bertz CT molecular complexity index is 465. The van der Waals surface area contributed by atoms with Gasteiger partial charge in [-0.3, -0.25) is 4.79 Å². The van der Waals surface area contributed by atoms with Crippen LogP contribution in [0.5, 0.6) is 0 Å². The molecule has 70 valence electrons. The van der Waals surface area contributed by atoms with Gasteiger partial charge >= 0.3 is 0 Å². The summed E-state index contributed by atoms with van der Waals surface area (Å²) in [5.74, 6) is 0.816. The van der Waals surface area contributed by atoms with E-state index in [1.54, 1.807) is 30.3 Å². The predicted molar refractivity (Wildman–Crippen MR) is 52.3 cm³/mol. The highest BCUT2D eigenvalue weighted by atomic mass is 35.5. The fourth-order valence-corrected chi connectivity index (χ4v) is 1.26. The average Bonchev–Trinajstić information content (AvgIpc) is 2.66. The number of hydrogen-bond acceptors (Lipinski definition) is 3. The standard InChI is InChI=1S/C10H6ClNO2/c11-10-3-1-2-8(12-10)9-5-4-7(6-13)14-9/h1-6H. The van der Waals surface area contributed by atoms with E-state index in [0.717, 1.165) is 0 Å². The first kappa shape index (κ1) is 8.97. The van der Waals surface area contributed by atoms with Crippen molar-refractivity contribution in [1.29, 1.82) is 0 Å². The van der Waals surface area contributed by atoms with E-state index in [-0.39, 0.29) is 5.76 Å². The van der Waals surface area contributed by atoms with E-state index in [0.29, 0.717) is 22.9 Å². The van der Waals surface area contributed by atoms with Gasteiger partial charge in [-0.25, -0.2) is 4.98 Å². The molecule has 2 rings (SSSR count). The zero-order valence-electron chi connectivity index (χ0n) is 7.11. The van der Waals surface area contributed by atoms with E-state index < -0.39 is 0 Å². The van der Waals surface area contributed by atoms with Crippen LogP contribution in [0.2, 0.25) is 5.15 Å². The molecule has 3 nitrogen and oxygen atoms in total. The fourth-order valence-electron chi connectivity index (χ4n) is 1.10. The molecule has 4 heteroatoms. The van der Waals surface area contributed by atoms with Crippen molar-refractivity contribution in [3.05, 3.63) is 41.2 Å². The highest BCUT2D eigenvalue weighted by molar-refractivity contribution is 6.29. The molecule has 0 radical (unpaired) electrons. The highest BCUT2D eigenvalue weighted by Crippen LogP contribution is 2.20. The van der Waals surface area contributed by atoms with Crippen molar-refractivity contribution in [2.75, 3.05) is 0 Å². The molecule has 0 bridgehead atoms. The molecule has 0 unspecified atom stereocenters. The number of aldehydes is 1. The van der Waals surface area contributed by atoms with Crippen molar-refractivity contribution < 1.29 is 9.21 Å². The largest absolute Gasteiger partial charge is 0.452 e. The molecule has 0 aliphatic heterocycles. The van der Waals surface area contributed by atoms with Gasteiger partial charge in [-0.05, 0) is 24.3 Å². The molecule has 0 aliphatic carbocycles. The second-order valence-electron chi connectivity index (χ2n) is 2.67. The summed E-state index contributed by atoms with van der Waals surface area (Å²) in [6, 6.07) is 8.48. The maximum Gasteiger partial charge on any atom is 0.185 e. The van der Waals surface area contributed by atoms with Crippen LogP contribution in [-0.2, 0) is 0 Å². The number of furan rings is 1. The van der Waals surface area contributed by atoms with Crippen LogP contribution in [0.4, 0.5) is 0 Å². The van der Waals surface area contributed by atoms with Gasteiger partial charge in [0.1, 0.15) is 10.8 Å². The summed E-state index contributed by atoms with van der Waals surface area (Å²) >= 11 is 5.71. The summed E-state index contributed by atoms with van der Waals surface area (Å²) in [4.78, 5) is 14.4. The molecule has 0 fully saturated rings. The SMILES string of the molecule is O=Cc1ccc(-c2cccc(Cl)n2)o1. The lowest BCUT2D eigenvalue weighted by molar-refractivity contribution is 0.110. The lowest BCUT2D eigenvalue weighted by atomic mass is 10.3. The zero-order valence-corrected chi connectivity index (χ0v) is 7.86. The lowest BCUT2D eigenvalue weighted by Crippen LogP contribution is -1.80. The molecule has 0 saturated heterocycles. The van der Waals surface area contributed by atoms with Gasteiger partial charge in [0.05, 0.1) is 0 Å². The number of carbonyl (C=O) groups excluding carboxylic acids is 1. The summed E-state index contributed by atoms with van der Waals surface area (Å²) in [6.07, 6.45) is 0.647. The molecule has 0 aliphatic rings. The Morgan fingerprint density at radius 2 is 2.14 bits per heavy atom. The van der Waals surface area contributed by atoms with Gasteiger partial charge in [-0.15, -0.1) is 0 Å². The lowest BCUT2D eigenvalue weighted by Gasteiger charge is -1.95. The molecule has 0 atom stereocenters. The van der Waals surface area contributed by atoms with E-state index in [1.165, 1.54) is 0 Å². The van der Waals surface area contributed by atoms with Crippen LogP contribution in [0, 0.1) is 0 Å². The number of pyridine rings is 1. The van der Waals surface area contributed by atoms with Crippen LogP contribution >= 0.6 is 11.6 Å². The second kappa shape index (κ2) is 3.64. The Balaban J connectivity index is 2.43. The van der Waals surface area contributed by atoms with E-state index in [2.05, 4.69) is 4.98 Å². The number of carbonyl (C=O) groups is 1. The Labute approximate surface area is 85.3 Å². The zero-order chi connectivity index (χ0) is 9.97. The smallest absolute Gasteiger partial charge is 0.185 e. The monoisotopic (exact) mass is 207 g/mol. The number of nitrogens with zero attached hydrogens (tertiary/aromatic N) is 1. The number of halogens is 1. The third kappa shape index (κ3) is 1.67. The summed E-state index contributed by atoms with van der Waals surface area (Å²) in [5, 5.41) is 0.395. The maximum atomic E-state index is 10.4. The van der Waals surface area contributed by atoms with Crippen molar-refractivity contribution in [2.24, 2.45) is 0 Å². The van der Waals surface area contributed by atoms with E-state index in [4.69, 9.17) is 16.0 Å². The molecular weight excluding hydrogens is 202 g/mol. The van der Waals surface area contributed by atoms with Crippen LogP contribution in [0.1, 0.15) is 10.6 Å². The van der Waals surface area contributed by atoms with Gasteiger partial charge in [0.2, 0.25) is 0 Å². The van der Waals surface area contributed by atoms with Gasteiger partial charge in [0, 0.05) is 0 Å². The Hall–Kier alpha value is -1.61. The quantitative estimate of drug-likeness (QED) is 0.562. The minimum Gasteiger partial charge on any atom is -0.452 e. The minimum absolute atomic E-state index is 0.279. The first-order valence-electron chi connectivity index (χ1n) is 3.97. The van der Waals surface area contributed by atoms with Crippen molar-refractivity contribution in [3.8, 4) is 11.5 Å². The maximum absolute atomic E-state index is 10.4. The van der Waals surface area contributed by atoms with Crippen molar-refractivity contribution >= 4 is 17.9 Å².